The smallest absolute Gasteiger partial charge is 0.335 e. The van der Waals surface area contributed by atoms with Crippen LogP contribution in [0.3, 0.4) is 0 Å². The van der Waals surface area contributed by atoms with E-state index in [9.17, 15) is 4.79 Å². The SMILES string of the molecule is CN1CCC(n2ccc3ccccc32)CC1.O=C(O)c1ccc2n[nH]nc2c1. The molecular formula is C21H23N5O2. The lowest BCUT2D eigenvalue weighted by Crippen LogP contribution is -2.31. The largest absolute Gasteiger partial charge is 0.478 e. The number of aromatic carboxylic acids is 1. The molecule has 144 valence electrons. The summed E-state index contributed by atoms with van der Waals surface area (Å²) in [7, 11) is 2.21. The second-order valence-corrected chi connectivity index (χ2v) is 7.15. The van der Waals surface area contributed by atoms with Crippen LogP contribution in [0.4, 0.5) is 0 Å². The molecular weight excluding hydrogens is 354 g/mol. The number of nitrogens with zero attached hydrogens (tertiary/aromatic N) is 4. The van der Waals surface area contributed by atoms with Crippen LogP contribution in [-0.4, -0.2) is 56.1 Å². The van der Waals surface area contributed by atoms with Gasteiger partial charge in [-0.1, -0.05) is 18.2 Å². The molecule has 0 aliphatic carbocycles. The molecule has 2 N–H and O–H groups in total. The van der Waals surface area contributed by atoms with E-state index < -0.39 is 5.97 Å². The minimum absolute atomic E-state index is 0.219. The maximum Gasteiger partial charge on any atom is 0.335 e. The number of hydrogen-bond donors (Lipinski definition) is 2. The van der Waals surface area contributed by atoms with E-state index in [0.717, 1.165) is 0 Å². The molecule has 1 aliphatic rings. The predicted octanol–water partition coefficient (Wildman–Crippen LogP) is 3.56. The summed E-state index contributed by atoms with van der Waals surface area (Å²) >= 11 is 0. The molecule has 3 heterocycles. The van der Waals surface area contributed by atoms with E-state index in [-0.39, 0.29) is 5.56 Å². The van der Waals surface area contributed by atoms with Gasteiger partial charge in [0.15, 0.2) is 0 Å². The summed E-state index contributed by atoms with van der Waals surface area (Å²) in [4.78, 5) is 12.9. The van der Waals surface area contributed by atoms with Gasteiger partial charge in [0.05, 0.1) is 5.56 Å². The summed E-state index contributed by atoms with van der Waals surface area (Å²) in [5.74, 6) is -0.958. The number of nitrogens with one attached hydrogen (secondary N) is 1. The first-order valence-electron chi connectivity index (χ1n) is 9.40. The van der Waals surface area contributed by atoms with Crippen LogP contribution in [0.15, 0.2) is 54.7 Å². The summed E-state index contributed by atoms with van der Waals surface area (Å²) in [6.07, 6.45) is 4.80. The third-order valence-corrected chi connectivity index (χ3v) is 5.27. The molecule has 5 rings (SSSR count). The highest BCUT2D eigenvalue weighted by atomic mass is 16.4. The van der Waals surface area contributed by atoms with Crippen molar-refractivity contribution in [3.63, 3.8) is 0 Å². The maximum absolute atomic E-state index is 10.5. The zero-order valence-corrected chi connectivity index (χ0v) is 15.7. The van der Waals surface area contributed by atoms with Gasteiger partial charge in [0.1, 0.15) is 11.0 Å². The van der Waals surface area contributed by atoms with Crippen molar-refractivity contribution in [2.45, 2.75) is 18.9 Å². The molecule has 1 aliphatic heterocycles. The number of hydrogen-bond acceptors (Lipinski definition) is 4. The topological polar surface area (TPSA) is 87.0 Å². The number of piperidine rings is 1. The summed E-state index contributed by atoms with van der Waals surface area (Å²) in [5, 5.41) is 19.9. The second-order valence-electron chi connectivity index (χ2n) is 7.15. The van der Waals surface area contributed by atoms with Gasteiger partial charge in [-0.05, 0) is 68.7 Å². The molecule has 0 atom stereocenters. The minimum atomic E-state index is -0.958. The number of carboxylic acid groups (broad SMARTS) is 1. The van der Waals surface area contributed by atoms with Crippen molar-refractivity contribution in [2.24, 2.45) is 0 Å². The number of fused-ring (bicyclic) bond motifs is 2. The van der Waals surface area contributed by atoms with Crippen molar-refractivity contribution < 1.29 is 9.90 Å². The highest BCUT2D eigenvalue weighted by Gasteiger charge is 2.18. The number of H-pyrrole nitrogens is 1. The third kappa shape index (κ3) is 3.75. The second kappa shape index (κ2) is 7.82. The quantitative estimate of drug-likeness (QED) is 0.558. The zero-order valence-electron chi connectivity index (χ0n) is 15.7. The van der Waals surface area contributed by atoms with Gasteiger partial charge in [-0.15, -0.1) is 0 Å². The van der Waals surface area contributed by atoms with Gasteiger partial charge in [-0.25, -0.2) is 4.79 Å². The molecule has 0 unspecified atom stereocenters. The Morgan fingerprint density at radius 3 is 2.61 bits per heavy atom. The van der Waals surface area contributed by atoms with Gasteiger partial charge in [-0.3, -0.25) is 0 Å². The van der Waals surface area contributed by atoms with Crippen LogP contribution in [0.1, 0.15) is 29.2 Å². The van der Waals surface area contributed by atoms with E-state index in [4.69, 9.17) is 5.11 Å². The Kier molecular flexibility index (Phi) is 5.08. The fraction of sp³-hybridized carbons (Fsp3) is 0.286. The molecule has 0 bridgehead atoms. The van der Waals surface area contributed by atoms with Gasteiger partial charge in [-0.2, -0.15) is 15.4 Å². The van der Waals surface area contributed by atoms with Crippen molar-refractivity contribution in [3.8, 4) is 0 Å². The highest BCUT2D eigenvalue weighted by Crippen LogP contribution is 2.27. The van der Waals surface area contributed by atoms with E-state index in [2.05, 4.69) is 68.5 Å². The number of carboxylic acids is 1. The Balaban J connectivity index is 0.000000143. The first-order valence-corrected chi connectivity index (χ1v) is 9.40. The van der Waals surface area contributed by atoms with Crippen LogP contribution in [-0.2, 0) is 0 Å². The molecule has 2 aromatic heterocycles. The number of benzene rings is 2. The first-order chi connectivity index (χ1) is 13.6. The Morgan fingerprint density at radius 1 is 1.07 bits per heavy atom. The lowest BCUT2D eigenvalue weighted by Gasteiger charge is -2.30. The standard InChI is InChI=1S/C14H18N2.C7H5N3O2/c1-15-9-7-13(8-10-15)16-11-6-12-4-2-3-5-14(12)16;11-7(12)4-1-2-5-6(3-4)9-10-8-5/h2-6,11,13H,7-10H2,1H3;1-3H,(H,11,12)(H,8,9,10). The van der Waals surface area contributed by atoms with E-state index in [1.165, 1.54) is 49.0 Å². The summed E-state index contributed by atoms with van der Waals surface area (Å²) < 4.78 is 2.46. The fourth-order valence-electron chi connectivity index (χ4n) is 3.67. The molecule has 0 amide bonds. The number of aromatic amines is 1. The van der Waals surface area contributed by atoms with Crippen molar-refractivity contribution in [3.05, 3.63) is 60.3 Å². The number of para-hydroxylation sites is 1. The third-order valence-electron chi connectivity index (χ3n) is 5.27. The molecule has 0 spiro atoms. The number of carbonyl (C=O) groups is 1. The summed E-state index contributed by atoms with van der Waals surface area (Å²) in [6.45, 7) is 2.44. The van der Waals surface area contributed by atoms with Crippen LogP contribution in [0.5, 0.6) is 0 Å². The van der Waals surface area contributed by atoms with Crippen LogP contribution in [0.2, 0.25) is 0 Å². The minimum Gasteiger partial charge on any atom is -0.478 e. The fourth-order valence-corrected chi connectivity index (χ4v) is 3.67. The van der Waals surface area contributed by atoms with E-state index in [1.807, 2.05) is 0 Å². The van der Waals surface area contributed by atoms with Crippen LogP contribution < -0.4 is 0 Å². The molecule has 7 heteroatoms. The number of rotatable bonds is 2. The van der Waals surface area contributed by atoms with Crippen LogP contribution in [0, 0.1) is 0 Å². The Morgan fingerprint density at radius 2 is 1.82 bits per heavy atom. The zero-order chi connectivity index (χ0) is 19.5. The molecule has 0 saturated carbocycles. The first kappa shape index (κ1) is 18.2. The lowest BCUT2D eigenvalue weighted by molar-refractivity contribution is 0.0697. The van der Waals surface area contributed by atoms with Crippen molar-refractivity contribution in [2.75, 3.05) is 20.1 Å². The van der Waals surface area contributed by atoms with Gasteiger partial charge in [0.25, 0.3) is 0 Å². The summed E-state index contributed by atoms with van der Waals surface area (Å²) in [5.41, 5.74) is 2.84. The van der Waals surface area contributed by atoms with Crippen molar-refractivity contribution in [1.29, 1.82) is 0 Å². The molecule has 1 saturated heterocycles. The molecule has 1 fully saturated rings. The number of likely N-dealkylation sites (tertiary alicyclic amines) is 1. The maximum atomic E-state index is 10.5. The normalized spacial score (nSPS) is 15.5. The molecule has 7 nitrogen and oxygen atoms in total. The molecule has 0 radical (unpaired) electrons. The number of aromatic nitrogens is 4. The van der Waals surface area contributed by atoms with E-state index in [0.29, 0.717) is 17.1 Å². The van der Waals surface area contributed by atoms with Gasteiger partial charge in [0.2, 0.25) is 0 Å². The van der Waals surface area contributed by atoms with Gasteiger partial charge >= 0.3 is 5.97 Å². The van der Waals surface area contributed by atoms with Gasteiger partial charge in [0, 0.05) is 17.8 Å². The lowest BCUT2D eigenvalue weighted by atomic mass is 10.1. The van der Waals surface area contributed by atoms with E-state index in [1.54, 1.807) is 6.07 Å². The Bertz CT molecular complexity index is 1090. The highest BCUT2D eigenvalue weighted by molar-refractivity contribution is 5.91. The van der Waals surface area contributed by atoms with Crippen molar-refractivity contribution >= 4 is 27.9 Å². The van der Waals surface area contributed by atoms with E-state index >= 15 is 0 Å². The molecule has 4 aromatic rings. The monoisotopic (exact) mass is 377 g/mol. The Labute approximate surface area is 162 Å². The average Bonchev–Trinajstić information content (AvgIpc) is 3.35. The molecule has 2 aromatic carbocycles. The molecule has 28 heavy (non-hydrogen) atoms. The van der Waals surface area contributed by atoms with Crippen LogP contribution in [0.25, 0.3) is 21.9 Å². The van der Waals surface area contributed by atoms with Gasteiger partial charge < -0.3 is 14.6 Å². The summed E-state index contributed by atoms with van der Waals surface area (Å²) in [6, 6.07) is 16.2. The van der Waals surface area contributed by atoms with Crippen LogP contribution >= 0.6 is 0 Å². The average molecular weight is 377 g/mol. The van der Waals surface area contributed by atoms with Crippen molar-refractivity contribution in [1.82, 2.24) is 24.9 Å². The Hall–Kier alpha value is -3.19. The predicted molar refractivity (Wildman–Crippen MR) is 109 cm³/mol.